The second kappa shape index (κ2) is 5.97. The number of pyridine rings is 1. The number of Topliss-reactive ketones (excluding diaryl/α,β-unsaturated/α-hetero) is 1. The van der Waals surface area contributed by atoms with E-state index in [2.05, 4.69) is 9.88 Å². The van der Waals surface area contributed by atoms with Crippen LogP contribution in [0.15, 0.2) is 24.4 Å². The molecule has 1 unspecified atom stereocenters. The van der Waals surface area contributed by atoms with Crippen molar-refractivity contribution in [2.24, 2.45) is 5.92 Å². The number of ketones is 1. The molecule has 1 atom stereocenters. The summed E-state index contributed by atoms with van der Waals surface area (Å²) in [4.78, 5) is 17.9. The zero-order valence-corrected chi connectivity index (χ0v) is 10.2. The van der Waals surface area contributed by atoms with Crippen LogP contribution in [0.5, 0.6) is 0 Å². The maximum atomic E-state index is 11.3. The van der Waals surface area contributed by atoms with Crippen LogP contribution < -0.4 is 0 Å². The monoisotopic (exact) mass is 240 g/mol. The van der Waals surface area contributed by atoms with E-state index in [-0.39, 0.29) is 18.3 Å². The average molecular weight is 241 g/mol. The Balaban J connectivity index is 0.00000128. The Morgan fingerprint density at radius 3 is 2.94 bits per heavy atom. The summed E-state index contributed by atoms with van der Waals surface area (Å²) in [7, 11) is 0. The zero-order chi connectivity index (χ0) is 10.7. The highest BCUT2D eigenvalue weighted by Gasteiger charge is 2.23. The predicted molar refractivity (Wildman–Crippen MR) is 65.6 cm³/mol. The smallest absolute Gasteiger partial charge is 0.138 e. The Hall–Kier alpha value is -0.930. The maximum absolute atomic E-state index is 11.3. The number of halogens is 1. The number of piperidine rings is 1. The summed E-state index contributed by atoms with van der Waals surface area (Å²) in [5.74, 6) is 0.578. The van der Waals surface area contributed by atoms with Crippen LogP contribution in [-0.2, 0) is 11.3 Å². The van der Waals surface area contributed by atoms with E-state index in [0.717, 1.165) is 25.3 Å². The maximum Gasteiger partial charge on any atom is 0.138 e. The fourth-order valence-corrected chi connectivity index (χ4v) is 1.96. The average Bonchev–Trinajstić information content (AvgIpc) is 2.25. The summed E-state index contributed by atoms with van der Waals surface area (Å²) < 4.78 is 0. The third kappa shape index (κ3) is 3.29. The minimum atomic E-state index is 0. The summed E-state index contributed by atoms with van der Waals surface area (Å²) in [6, 6.07) is 5.95. The van der Waals surface area contributed by atoms with Gasteiger partial charge in [0.05, 0.1) is 5.69 Å². The highest BCUT2D eigenvalue weighted by Crippen LogP contribution is 2.14. The lowest BCUT2D eigenvalue weighted by Gasteiger charge is -2.29. The van der Waals surface area contributed by atoms with Crippen LogP contribution >= 0.6 is 12.4 Å². The van der Waals surface area contributed by atoms with Gasteiger partial charge in [-0.3, -0.25) is 14.7 Å². The summed E-state index contributed by atoms with van der Waals surface area (Å²) in [5.41, 5.74) is 1.08. The summed E-state index contributed by atoms with van der Waals surface area (Å²) in [5, 5.41) is 0. The molecule has 0 radical (unpaired) electrons. The predicted octanol–water partition coefficient (Wildman–Crippen LogP) is 1.91. The number of likely N-dealkylation sites (tertiary alicyclic amines) is 1. The van der Waals surface area contributed by atoms with E-state index in [1.165, 1.54) is 0 Å². The van der Waals surface area contributed by atoms with Crippen molar-refractivity contribution in [2.45, 2.75) is 19.9 Å². The van der Waals surface area contributed by atoms with Gasteiger partial charge in [-0.2, -0.15) is 0 Å². The van der Waals surface area contributed by atoms with E-state index in [9.17, 15) is 4.79 Å². The van der Waals surface area contributed by atoms with Gasteiger partial charge in [-0.05, 0) is 12.1 Å². The third-order valence-corrected chi connectivity index (χ3v) is 2.87. The molecule has 0 saturated carbocycles. The van der Waals surface area contributed by atoms with Crippen LogP contribution in [0.1, 0.15) is 19.0 Å². The molecule has 4 heteroatoms. The molecule has 1 aliphatic rings. The van der Waals surface area contributed by atoms with E-state index in [1.54, 1.807) is 0 Å². The molecule has 1 fully saturated rings. The normalized spacial score (nSPS) is 21.6. The minimum Gasteiger partial charge on any atom is -0.299 e. The largest absolute Gasteiger partial charge is 0.299 e. The number of carbonyl (C=O) groups excluding carboxylic acids is 1. The van der Waals surface area contributed by atoms with Crippen molar-refractivity contribution in [1.29, 1.82) is 0 Å². The third-order valence-electron chi connectivity index (χ3n) is 2.87. The van der Waals surface area contributed by atoms with Crippen molar-refractivity contribution in [3.8, 4) is 0 Å². The zero-order valence-electron chi connectivity index (χ0n) is 9.43. The van der Waals surface area contributed by atoms with Gasteiger partial charge >= 0.3 is 0 Å². The molecule has 2 rings (SSSR count). The first-order valence-corrected chi connectivity index (χ1v) is 5.40. The molecule has 0 aliphatic carbocycles. The van der Waals surface area contributed by atoms with Crippen molar-refractivity contribution in [3.05, 3.63) is 30.1 Å². The highest BCUT2D eigenvalue weighted by atomic mass is 35.5. The SMILES string of the molecule is CC1CN(Cc2ccccn2)CCC1=O.Cl. The van der Waals surface area contributed by atoms with E-state index in [4.69, 9.17) is 0 Å². The Morgan fingerprint density at radius 2 is 2.31 bits per heavy atom. The van der Waals surface area contributed by atoms with Crippen LogP contribution in [0.3, 0.4) is 0 Å². The summed E-state index contributed by atoms with van der Waals surface area (Å²) >= 11 is 0. The Bertz CT molecular complexity index is 342. The fraction of sp³-hybridized carbons (Fsp3) is 0.500. The molecule has 1 aromatic heterocycles. The standard InChI is InChI=1S/C12H16N2O.ClH/c1-10-8-14(7-5-12(10)15)9-11-4-2-3-6-13-11;/h2-4,6,10H,5,7-9H2,1H3;1H. The molecule has 3 nitrogen and oxygen atoms in total. The molecule has 0 bridgehead atoms. The Morgan fingerprint density at radius 1 is 1.50 bits per heavy atom. The van der Waals surface area contributed by atoms with Crippen molar-refractivity contribution in [3.63, 3.8) is 0 Å². The summed E-state index contributed by atoms with van der Waals surface area (Å²) in [6.07, 6.45) is 2.50. The minimum absolute atomic E-state index is 0. The number of aromatic nitrogens is 1. The molecule has 2 heterocycles. The quantitative estimate of drug-likeness (QED) is 0.792. The van der Waals surface area contributed by atoms with Crippen LogP contribution in [0.4, 0.5) is 0 Å². The van der Waals surface area contributed by atoms with Gasteiger partial charge < -0.3 is 0 Å². The number of hydrogen-bond acceptors (Lipinski definition) is 3. The van der Waals surface area contributed by atoms with Gasteiger partial charge in [-0.1, -0.05) is 13.0 Å². The molecular weight excluding hydrogens is 224 g/mol. The number of hydrogen-bond donors (Lipinski definition) is 0. The lowest BCUT2D eigenvalue weighted by Crippen LogP contribution is -2.39. The van der Waals surface area contributed by atoms with E-state index in [0.29, 0.717) is 12.2 Å². The second-order valence-electron chi connectivity index (χ2n) is 4.17. The van der Waals surface area contributed by atoms with Gasteiger partial charge in [-0.15, -0.1) is 12.4 Å². The Kier molecular flexibility index (Phi) is 4.90. The van der Waals surface area contributed by atoms with Crippen LogP contribution in [0.25, 0.3) is 0 Å². The van der Waals surface area contributed by atoms with Gasteiger partial charge in [0.15, 0.2) is 0 Å². The van der Waals surface area contributed by atoms with Crippen LogP contribution in [0.2, 0.25) is 0 Å². The van der Waals surface area contributed by atoms with Gasteiger partial charge in [0.1, 0.15) is 5.78 Å². The molecule has 0 N–H and O–H groups in total. The molecule has 1 saturated heterocycles. The first-order valence-electron chi connectivity index (χ1n) is 5.40. The van der Waals surface area contributed by atoms with E-state index in [1.807, 2.05) is 31.3 Å². The van der Waals surface area contributed by atoms with E-state index >= 15 is 0 Å². The van der Waals surface area contributed by atoms with Crippen LogP contribution in [-0.4, -0.2) is 28.8 Å². The van der Waals surface area contributed by atoms with Gasteiger partial charge in [0, 0.05) is 38.2 Å². The lowest BCUT2D eigenvalue weighted by atomic mass is 9.98. The van der Waals surface area contributed by atoms with Gasteiger partial charge in [-0.25, -0.2) is 0 Å². The Labute approximate surface area is 102 Å². The molecule has 88 valence electrons. The van der Waals surface area contributed by atoms with Crippen molar-refractivity contribution >= 4 is 18.2 Å². The van der Waals surface area contributed by atoms with E-state index < -0.39 is 0 Å². The number of rotatable bonds is 2. The van der Waals surface area contributed by atoms with Crippen molar-refractivity contribution in [1.82, 2.24) is 9.88 Å². The number of carbonyl (C=O) groups is 1. The highest BCUT2D eigenvalue weighted by molar-refractivity contribution is 5.85. The molecule has 0 aromatic carbocycles. The molecule has 0 spiro atoms. The van der Waals surface area contributed by atoms with Crippen molar-refractivity contribution < 1.29 is 4.79 Å². The molecular formula is C12H17ClN2O. The van der Waals surface area contributed by atoms with Crippen molar-refractivity contribution in [2.75, 3.05) is 13.1 Å². The van der Waals surface area contributed by atoms with Crippen LogP contribution in [0, 0.1) is 5.92 Å². The molecule has 1 aliphatic heterocycles. The van der Waals surface area contributed by atoms with Gasteiger partial charge in [0.2, 0.25) is 0 Å². The first kappa shape index (κ1) is 13.1. The topological polar surface area (TPSA) is 33.2 Å². The number of nitrogens with zero attached hydrogens (tertiary/aromatic N) is 2. The summed E-state index contributed by atoms with van der Waals surface area (Å²) in [6.45, 7) is 4.61. The molecule has 1 aromatic rings. The molecule has 16 heavy (non-hydrogen) atoms. The second-order valence-corrected chi connectivity index (χ2v) is 4.17. The fourth-order valence-electron chi connectivity index (χ4n) is 1.96. The molecule has 0 amide bonds. The lowest BCUT2D eigenvalue weighted by molar-refractivity contribution is -0.125. The first-order chi connectivity index (χ1) is 7.25. The van der Waals surface area contributed by atoms with Gasteiger partial charge in [0.25, 0.3) is 0 Å².